The zero-order valence-corrected chi connectivity index (χ0v) is 12.5. The van der Waals surface area contributed by atoms with E-state index in [0.29, 0.717) is 0 Å². The zero-order valence-electron chi connectivity index (χ0n) is 12.5. The van der Waals surface area contributed by atoms with E-state index < -0.39 is 0 Å². The van der Waals surface area contributed by atoms with Gasteiger partial charge in [0.05, 0.1) is 0 Å². The van der Waals surface area contributed by atoms with Gasteiger partial charge in [0, 0.05) is 5.69 Å². The number of hydrogen-bond acceptors (Lipinski definition) is 3. The highest BCUT2D eigenvalue weighted by atomic mass is 15.5. The summed E-state index contributed by atoms with van der Waals surface area (Å²) in [5, 5.41) is 12.8. The molecule has 4 aromatic rings. The summed E-state index contributed by atoms with van der Waals surface area (Å²) in [5.41, 5.74) is 3.92. The van der Waals surface area contributed by atoms with E-state index in [1.165, 1.54) is 0 Å². The summed E-state index contributed by atoms with van der Waals surface area (Å²) in [4.78, 5) is 1.74. The van der Waals surface area contributed by atoms with Gasteiger partial charge in [-0.05, 0) is 29.8 Å². The summed E-state index contributed by atoms with van der Waals surface area (Å²) < 4.78 is 0. The van der Waals surface area contributed by atoms with Crippen molar-refractivity contribution >= 4 is 16.7 Å². The number of nitrogens with one attached hydrogen (secondary N) is 1. The van der Waals surface area contributed by atoms with E-state index in [1.807, 2.05) is 72.8 Å². The van der Waals surface area contributed by atoms with E-state index in [1.54, 1.807) is 4.80 Å². The van der Waals surface area contributed by atoms with Gasteiger partial charge in [-0.2, -0.15) is 15.0 Å². The van der Waals surface area contributed by atoms with Crippen LogP contribution in [0, 0.1) is 0 Å². The second-order valence-electron chi connectivity index (χ2n) is 5.33. The summed E-state index contributed by atoms with van der Waals surface area (Å²) >= 11 is 0. The Morgan fingerprint density at radius 1 is 0.652 bits per heavy atom. The van der Waals surface area contributed by atoms with Crippen LogP contribution in [0.5, 0.6) is 0 Å². The van der Waals surface area contributed by atoms with E-state index in [-0.39, 0.29) is 6.17 Å². The molecule has 0 saturated carbocycles. The molecule has 3 aromatic carbocycles. The summed E-state index contributed by atoms with van der Waals surface area (Å²) in [5.74, 6) is 0. The Hall–Kier alpha value is -3.14. The molecule has 4 heteroatoms. The standard InChI is InChI=1S/C19H16N4/c1-3-9-15(10-4-1)19(20-16-11-5-2-6-12-16)23-21-17-13-7-8-14-18(17)22-23/h1-14,19-20H. The van der Waals surface area contributed by atoms with E-state index in [9.17, 15) is 0 Å². The molecule has 0 aliphatic carbocycles. The van der Waals surface area contributed by atoms with Crippen molar-refractivity contribution in [2.75, 3.05) is 5.32 Å². The molecule has 1 heterocycles. The smallest absolute Gasteiger partial charge is 0.166 e. The Balaban J connectivity index is 1.78. The van der Waals surface area contributed by atoms with E-state index in [2.05, 4.69) is 27.6 Å². The van der Waals surface area contributed by atoms with Crippen LogP contribution >= 0.6 is 0 Å². The summed E-state index contributed by atoms with van der Waals surface area (Å²) in [6.45, 7) is 0. The van der Waals surface area contributed by atoms with Gasteiger partial charge >= 0.3 is 0 Å². The average Bonchev–Trinajstić information content (AvgIpc) is 3.05. The van der Waals surface area contributed by atoms with Gasteiger partial charge in [0.15, 0.2) is 6.17 Å². The molecular weight excluding hydrogens is 284 g/mol. The maximum Gasteiger partial charge on any atom is 0.166 e. The second-order valence-corrected chi connectivity index (χ2v) is 5.33. The molecule has 1 unspecified atom stereocenters. The first-order chi connectivity index (χ1) is 11.4. The summed E-state index contributed by atoms with van der Waals surface area (Å²) in [6, 6.07) is 28.2. The largest absolute Gasteiger partial charge is 0.359 e. The molecule has 0 saturated heterocycles. The van der Waals surface area contributed by atoms with E-state index in [0.717, 1.165) is 22.3 Å². The summed E-state index contributed by atoms with van der Waals surface area (Å²) in [7, 11) is 0. The molecule has 1 aromatic heterocycles. The molecule has 0 bridgehead atoms. The van der Waals surface area contributed by atoms with Gasteiger partial charge < -0.3 is 5.32 Å². The van der Waals surface area contributed by atoms with Crippen LogP contribution in [0.25, 0.3) is 11.0 Å². The third-order valence-corrected chi connectivity index (χ3v) is 3.73. The van der Waals surface area contributed by atoms with Crippen LogP contribution in [-0.2, 0) is 0 Å². The SMILES string of the molecule is c1ccc(NC(c2ccccc2)n2nc3ccccc3n2)cc1. The van der Waals surface area contributed by atoms with Crippen molar-refractivity contribution in [3.63, 3.8) is 0 Å². The fourth-order valence-corrected chi connectivity index (χ4v) is 2.59. The fraction of sp³-hybridized carbons (Fsp3) is 0.0526. The Morgan fingerprint density at radius 3 is 1.78 bits per heavy atom. The molecule has 0 aliphatic heterocycles. The quantitative estimate of drug-likeness (QED) is 0.617. The molecule has 112 valence electrons. The highest BCUT2D eigenvalue weighted by molar-refractivity contribution is 5.73. The molecule has 23 heavy (non-hydrogen) atoms. The van der Waals surface area contributed by atoms with E-state index in [4.69, 9.17) is 0 Å². The van der Waals surface area contributed by atoms with Crippen LogP contribution in [0.1, 0.15) is 11.7 Å². The van der Waals surface area contributed by atoms with Crippen LogP contribution < -0.4 is 5.32 Å². The monoisotopic (exact) mass is 300 g/mol. The van der Waals surface area contributed by atoms with Crippen LogP contribution in [0.2, 0.25) is 0 Å². The number of hydrogen-bond donors (Lipinski definition) is 1. The minimum absolute atomic E-state index is 0.161. The predicted octanol–water partition coefficient (Wildman–Crippen LogP) is 4.09. The van der Waals surface area contributed by atoms with Crippen LogP contribution in [0.4, 0.5) is 5.69 Å². The molecule has 1 atom stereocenters. The van der Waals surface area contributed by atoms with Gasteiger partial charge in [0.1, 0.15) is 11.0 Å². The van der Waals surface area contributed by atoms with Crippen molar-refractivity contribution in [2.24, 2.45) is 0 Å². The number of benzene rings is 3. The average molecular weight is 300 g/mol. The minimum Gasteiger partial charge on any atom is -0.359 e. The van der Waals surface area contributed by atoms with Crippen LogP contribution in [0.3, 0.4) is 0 Å². The number of anilines is 1. The zero-order chi connectivity index (χ0) is 15.5. The van der Waals surface area contributed by atoms with Crippen molar-refractivity contribution in [3.05, 3.63) is 90.5 Å². The summed E-state index contributed by atoms with van der Waals surface area (Å²) in [6.07, 6.45) is -0.161. The number of fused-ring (bicyclic) bond motifs is 1. The van der Waals surface area contributed by atoms with Crippen molar-refractivity contribution in [1.82, 2.24) is 15.0 Å². The highest BCUT2D eigenvalue weighted by Crippen LogP contribution is 2.21. The first-order valence-corrected chi connectivity index (χ1v) is 7.58. The Bertz CT molecular complexity index is 867. The Morgan fingerprint density at radius 2 is 1.17 bits per heavy atom. The maximum absolute atomic E-state index is 4.63. The minimum atomic E-state index is -0.161. The van der Waals surface area contributed by atoms with Crippen LogP contribution in [0.15, 0.2) is 84.9 Å². The number of nitrogens with zero attached hydrogens (tertiary/aromatic N) is 3. The van der Waals surface area contributed by atoms with Crippen molar-refractivity contribution in [2.45, 2.75) is 6.17 Å². The third kappa shape index (κ3) is 2.79. The molecule has 4 rings (SSSR count). The van der Waals surface area contributed by atoms with Crippen molar-refractivity contribution in [3.8, 4) is 0 Å². The normalized spacial score (nSPS) is 12.2. The van der Waals surface area contributed by atoms with Gasteiger partial charge in [-0.25, -0.2) is 0 Å². The number of para-hydroxylation sites is 1. The molecule has 1 N–H and O–H groups in total. The third-order valence-electron chi connectivity index (χ3n) is 3.73. The predicted molar refractivity (Wildman–Crippen MR) is 92.2 cm³/mol. The van der Waals surface area contributed by atoms with Gasteiger partial charge in [0.2, 0.25) is 0 Å². The maximum atomic E-state index is 4.63. The van der Waals surface area contributed by atoms with Gasteiger partial charge in [-0.3, -0.25) is 0 Å². The van der Waals surface area contributed by atoms with E-state index >= 15 is 0 Å². The van der Waals surface area contributed by atoms with Gasteiger partial charge in [-0.15, -0.1) is 0 Å². The molecule has 4 nitrogen and oxygen atoms in total. The van der Waals surface area contributed by atoms with Crippen molar-refractivity contribution in [1.29, 1.82) is 0 Å². The Kier molecular flexibility index (Phi) is 3.48. The molecule has 0 radical (unpaired) electrons. The second kappa shape index (κ2) is 5.93. The van der Waals surface area contributed by atoms with Crippen LogP contribution in [-0.4, -0.2) is 15.0 Å². The lowest BCUT2D eigenvalue weighted by molar-refractivity contribution is 0.510. The first-order valence-electron chi connectivity index (χ1n) is 7.58. The lowest BCUT2D eigenvalue weighted by atomic mass is 10.1. The van der Waals surface area contributed by atoms with Gasteiger partial charge in [-0.1, -0.05) is 60.7 Å². The molecule has 0 spiro atoms. The lowest BCUT2D eigenvalue weighted by Gasteiger charge is -2.19. The molecular formula is C19H16N4. The molecule has 0 fully saturated rings. The fourth-order valence-electron chi connectivity index (χ4n) is 2.59. The topological polar surface area (TPSA) is 42.7 Å². The number of aromatic nitrogens is 3. The molecule has 0 aliphatic rings. The van der Waals surface area contributed by atoms with Crippen molar-refractivity contribution < 1.29 is 0 Å². The molecule has 0 amide bonds. The first kappa shape index (κ1) is 13.5. The number of rotatable bonds is 4. The Labute approximate surface area is 134 Å². The highest BCUT2D eigenvalue weighted by Gasteiger charge is 2.16. The lowest BCUT2D eigenvalue weighted by Crippen LogP contribution is -2.22. The van der Waals surface area contributed by atoms with Gasteiger partial charge in [0.25, 0.3) is 0 Å².